The maximum absolute atomic E-state index is 5.15. The summed E-state index contributed by atoms with van der Waals surface area (Å²) < 4.78 is 2.45. The lowest BCUT2D eigenvalue weighted by molar-refractivity contribution is 1.08. The number of benzene rings is 7. The molecule has 0 fully saturated rings. The molecule has 0 unspecified atom stereocenters. The van der Waals surface area contributed by atoms with Crippen LogP contribution >= 0.6 is 11.3 Å². The van der Waals surface area contributed by atoms with Crippen LogP contribution in [0, 0.1) is 0 Å². The first-order valence-electron chi connectivity index (χ1n) is 15.7. The van der Waals surface area contributed by atoms with Crippen molar-refractivity contribution < 1.29 is 0 Å². The zero-order valence-electron chi connectivity index (χ0n) is 25.3. The van der Waals surface area contributed by atoms with E-state index in [4.69, 9.17) is 15.0 Å². The summed E-state index contributed by atoms with van der Waals surface area (Å²) in [4.78, 5) is 15.3. The van der Waals surface area contributed by atoms with E-state index in [9.17, 15) is 0 Å². The number of rotatable bonds is 5. The second kappa shape index (κ2) is 11.4. The van der Waals surface area contributed by atoms with Crippen molar-refractivity contribution in [3.63, 3.8) is 0 Å². The SMILES string of the molecule is c1ccc(-c2nc(-c3ccccc3)nc(-c3cc(-c4cccc(-c5cccc6ccccc56)c4)cc4sc5ccccc5c34)n2)cc1. The molecule has 0 N–H and O–H groups in total. The lowest BCUT2D eigenvalue weighted by atomic mass is 9.94. The molecule has 0 radical (unpaired) electrons. The minimum Gasteiger partial charge on any atom is -0.208 e. The van der Waals surface area contributed by atoms with E-state index < -0.39 is 0 Å². The molecule has 0 atom stereocenters. The topological polar surface area (TPSA) is 38.7 Å². The first kappa shape index (κ1) is 27.3. The van der Waals surface area contributed by atoms with Gasteiger partial charge in [-0.3, -0.25) is 0 Å². The average Bonchev–Trinajstić information content (AvgIpc) is 3.53. The van der Waals surface area contributed by atoms with Gasteiger partial charge in [-0.2, -0.15) is 0 Å². The summed E-state index contributed by atoms with van der Waals surface area (Å²) in [6, 6.07) is 57.5. The number of aromatic nitrogens is 3. The second-order valence-corrected chi connectivity index (χ2v) is 12.7. The van der Waals surface area contributed by atoms with Crippen LogP contribution in [0.2, 0.25) is 0 Å². The molecule has 0 aliphatic rings. The highest BCUT2D eigenvalue weighted by Gasteiger charge is 2.19. The lowest BCUT2D eigenvalue weighted by Gasteiger charge is -2.13. The van der Waals surface area contributed by atoms with Gasteiger partial charge < -0.3 is 0 Å². The van der Waals surface area contributed by atoms with Crippen LogP contribution < -0.4 is 0 Å². The van der Waals surface area contributed by atoms with Crippen molar-refractivity contribution >= 4 is 42.3 Å². The average molecular weight is 618 g/mol. The van der Waals surface area contributed by atoms with Gasteiger partial charge in [-0.25, -0.2) is 15.0 Å². The Morgan fingerprint density at radius 2 is 0.915 bits per heavy atom. The van der Waals surface area contributed by atoms with Gasteiger partial charge in [0.2, 0.25) is 0 Å². The monoisotopic (exact) mass is 617 g/mol. The molecule has 2 heterocycles. The van der Waals surface area contributed by atoms with Gasteiger partial charge in [-0.1, -0.05) is 140 Å². The molecule has 0 aliphatic carbocycles. The normalized spacial score (nSPS) is 11.4. The molecule has 0 amide bonds. The van der Waals surface area contributed by atoms with Crippen molar-refractivity contribution in [2.24, 2.45) is 0 Å². The number of thiophene rings is 1. The molecule has 4 heteroatoms. The highest BCUT2D eigenvalue weighted by atomic mass is 32.1. The maximum atomic E-state index is 5.15. The van der Waals surface area contributed by atoms with Gasteiger partial charge in [0, 0.05) is 36.9 Å². The molecule has 0 spiro atoms. The summed E-state index contributed by atoms with van der Waals surface area (Å²) in [6.45, 7) is 0. The van der Waals surface area contributed by atoms with E-state index in [1.54, 1.807) is 0 Å². The number of fused-ring (bicyclic) bond motifs is 4. The van der Waals surface area contributed by atoms with E-state index in [0.717, 1.165) is 27.8 Å². The van der Waals surface area contributed by atoms with Crippen molar-refractivity contribution in [2.45, 2.75) is 0 Å². The highest BCUT2D eigenvalue weighted by molar-refractivity contribution is 7.26. The molecule has 7 aromatic carbocycles. The van der Waals surface area contributed by atoms with Gasteiger partial charge in [0.15, 0.2) is 17.5 Å². The van der Waals surface area contributed by atoms with Crippen LogP contribution in [0.4, 0.5) is 0 Å². The van der Waals surface area contributed by atoms with Crippen LogP contribution in [0.5, 0.6) is 0 Å². The highest BCUT2D eigenvalue weighted by Crippen LogP contribution is 2.43. The van der Waals surface area contributed by atoms with Gasteiger partial charge in [0.25, 0.3) is 0 Å². The Hall–Kier alpha value is -5.97. The van der Waals surface area contributed by atoms with Crippen molar-refractivity contribution in [2.75, 3.05) is 0 Å². The van der Waals surface area contributed by atoms with Crippen molar-refractivity contribution in [3.05, 3.63) is 164 Å². The van der Waals surface area contributed by atoms with Gasteiger partial charge >= 0.3 is 0 Å². The molecular formula is C43H27N3S. The lowest BCUT2D eigenvalue weighted by Crippen LogP contribution is -2.00. The zero-order valence-corrected chi connectivity index (χ0v) is 26.2. The predicted octanol–water partition coefficient (Wildman–Crippen LogP) is 11.7. The summed E-state index contributed by atoms with van der Waals surface area (Å²) in [5.74, 6) is 1.98. The van der Waals surface area contributed by atoms with E-state index in [-0.39, 0.29) is 0 Å². The first-order chi connectivity index (χ1) is 23.3. The Morgan fingerprint density at radius 1 is 0.340 bits per heavy atom. The third-order valence-corrected chi connectivity index (χ3v) is 9.83. The molecule has 9 aromatic rings. The summed E-state index contributed by atoms with van der Waals surface area (Å²) in [5.41, 5.74) is 7.61. The molecule has 0 bridgehead atoms. The van der Waals surface area contributed by atoms with Crippen LogP contribution in [0.1, 0.15) is 0 Å². The Bertz CT molecular complexity index is 2510. The van der Waals surface area contributed by atoms with Gasteiger partial charge in [0.1, 0.15) is 0 Å². The largest absolute Gasteiger partial charge is 0.208 e. The van der Waals surface area contributed by atoms with Crippen LogP contribution in [-0.4, -0.2) is 15.0 Å². The van der Waals surface area contributed by atoms with Gasteiger partial charge in [0.05, 0.1) is 0 Å². The van der Waals surface area contributed by atoms with E-state index in [1.807, 2.05) is 47.7 Å². The van der Waals surface area contributed by atoms with Crippen molar-refractivity contribution in [3.8, 4) is 56.4 Å². The molecular weight excluding hydrogens is 591 g/mol. The third kappa shape index (κ3) is 4.96. The van der Waals surface area contributed by atoms with Crippen LogP contribution in [0.25, 0.3) is 87.4 Å². The molecule has 47 heavy (non-hydrogen) atoms. The Balaban J connectivity index is 1.29. The summed E-state index contributed by atoms with van der Waals surface area (Å²) in [7, 11) is 0. The fourth-order valence-corrected chi connectivity index (χ4v) is 7.64. The van der Waals surface area contributed by atoms with Crippen LogP contribution in [0.15, 0.2) is 164 Å². The van der Waals surface area contributed by atoms with Crippen LogP contribution in [0.3, 0.4) is 0 Å². The summed E-state index contributed by atoms with van der Waals surface area (Å²) in [6.07, 6.45) is 0. The number of hydrogen-bond acceptors (Lipinski definition) is 4. The molecule has 220 valence electrons. The predicted molar refractivity (Wildman–Crippen MR) is 197 cm³/mol. The third-order valence-electron chi connectivity index (χ3n) is 8.72. The first-order valence-corrected chi connectivity index (χ1v) is 16.5. The molecule has 0 saturated heterocycles. The fourth-order valence-electron chi connectivity index (χ4n) is 6.47. The Labute approximate surface area is 276 Å². The second-order valence-electron chi connectivity index (χ2n) is 11.6. The van der Waals surface area contributed by atoms with E-state index in [1.165, 1.54) is 42.1 Å². The fraction of sp³-hybridized carbons (Fsp3) is 0. The smallest absolute Gasteiger partial charge is 0.164 e. The molecule has 0 saturated carbocycles. The molecule has 2 aromatic heterocycles. The molecule has 3 nitrogen and oxygen atoms in total. The zero-order chi connectivity index (χ0) is 31.2. The van der Waals surface area contributed by atoms with Crippen LogP contribution in [-0.2, 0) is 0 Å². The quantitative estimate of drug-likeness (QED) is 0.193. The standard InChI is InChI=1S/C43H27N3S/c1-3-14-29(15-4-1)41-44-42(30-16-5-2-6-17-30)46-43(45-41)37-26-33(27-39-40(37)36-22-9-10-24-38(36)47-39)31-19-11-20-32(25-31)35-23-12-18-28-13-7-8-21-34(28)35/h1-27H. The van der Waals surface area contributed by atoms with E-state index in [0.29, 0.717) is 17.5 Å². The Morgan fingerprint density at radius 3 is 1.68 bits per heavy atom. The summed E-state index contributed by atoms with van der Waals surface area (Å²) in [5, 5.41) is 4.87. The maximum Gasteiger partial charge on any atom is 0.164 e. The molecule has 0 aliphatic heterocycles. The van der Waals surface area contributed by atoms with E-state index in [2.05, 4.69) is 127 Å². The summed E-state index contributed by atoms with van der Waals surface area (Å²) >= 11 is 1.81. The molecule has 9 rings (SSSR count). The van der Waals surface area contributed by atoms with Gasteiger partial charge in [-0.05, 0) is 57.3 Å². The van der Waals surface area contributed by atoms with Crippen molar-refractivity contribution in [1.82, 2.24) is 15.0 Å². The van der Waals surface area contributed by atoms with Crippen molar-refractivity contribution in [1.29, 1.82) is 0 Å². The van der Waals surface area contributed by atoms with E-state index >= 15 is 0 Å². The number of nitrogens with zero attached hydrogens (tertiary/aromatic N) is 3. The van der Waals surface area contributed by atoms with Gasteiger partial charge in [-0.15, -0.1) is 11.3 Å². The number of hydrogen-bond donors (Lipinski definition) is 0. The minimum absolute atomic E-state index is 0.658. The Kier molecular flexibility index (Phi) is 6.65. The minimum atomic E-state index is 0.658.